The summed E-state index contributed by atoms with van der Waals surface area (Å²) in [7, 11) is -3.69. The van der Waals surface area contributed by atoms with Gasteiger partial charge < -0.3 is 10.6 Å². The molecule has 2 N–H and O–H groups in total. The Bertz CT molecular complexity index is 919. The second kappa shape index (κ2) is 9.49. The normalized spacial score (nSPS) is 17.1. The molecular weight excluding hydrogens is 403 g/mol. The zero-order valence-electron chi connectivity index (χ0n) is 15.5. The lowest BCUT2D eigenvalue weighted by molar-refractivity contribution is -0.121. The van der Waals surface area contributed by atoms with Crippen molar-refractivity contribution in [2.45, 2.75) is 36.0 Å². The molecule has 1 heterocycles. The summed E-state index contributed by atoms with van der Waals surface area (Å²) in [4.78, 5) is 12.3. The molecule has 0 bridgehead atoms. The van der Waals surface area contributed by atoms with E-state index in [2.05, 4.69) is 16.7 Å². The van der Waals surface area contributed by atoms with Crippen LogP contribution in [0.25, 0.3) is 0 Å². The maximum atomic E-state index is 13.0. The number of carbonyl (C=O) groups is 1. The van der Waals surface area contributed by atoms with E-state index in [9.17, 15) is 17.6 Å². The van der Waals surface area contributed by atoms with Crippen molar-refractivity contribution in [1.82, 2.24) is 10.6 Å². The quantitative estimate of drug-likeness (QED) is 0.696. The van der Waals surface area contributed by atoms with Crippen molar-refractivity contribution in [3.05, 3.63) is 65.5 Å². The van der Waals surface area contributed by atoms with Crippen molar-refractivity contribution in [3.63, 3.8) is 0 Å². The lowest BCUT2D eigenvalue weighted by Crippen LogP contribution is -2.39. The summed E-state index contributed by atoms with van der Waals surface area (Å²) in [6.07, 6.45) is 0.807. The average Bonchev–Trinajstić information content (AvgIpc) is 2.66. The molecule has 0 radical (unpaired) electrons. The number of hydrogen-bond donors (Lipinski definition) is 2. The van der Waals surface area contributed by atoms with E-state index in [1.165, 1.54) is 24.6 Å². The Morgan fingerprint density at radius 1 is 1.21 bits per heavy atom. The molecule has 152 valence electrons. The van der Waals surface area contributed by atoms with Gasteiger partial charge in [0.05, 0.1) is 10.1 Å². The molecule has 1 aliphatic rings. The van der Waals surface area contributed by atoms with Crippen molar-refractivity contribution in [2.24, 2.45) is 0 Å². The van der Waals surface area contributed by atoms with Crippen LogP contribution in [0.1, 0.15) is 30.5 Å². The number of sulfone groups is 1. The highest BCUT2D eigenvalue weighted by Gasteiger charge is 2.26. The summed E-state index contributed by atoms with van der Waals surface area (Å²) in [5.74, 6) is -0.822. The third-order valence-electron chi connectivity index (χ3n) is 4.86. The Balaban J connectivity index is 0.00000280. The number of nitrogens with one attached hydrogen (secondary N) is 2. The number of hydrogen-bond acceptors (Lipinski definition) is 4. The Labute approximate surface area is 171 Å². The molecule has 0 aromatic heterocycles. The Hall–Kier alpha value is -1.96. The van der Waals surface area contributed by atoms with Crippen molar-refractivity contribution in [1.29, 1.82) is 0 Å². The van der Waals surface area contributed by atoms with Crippen LogP contribution < -0.4 is 10.6 Å². The summed E-state index contributed by atoms with van der Waals surface area (Å²) < 4.78 is 38.1. The topological polar surface area (TPSA) is 75.3 Å². The van der Waals surface area contributed by atoms with E-state index in [-0.39, 0.29) is 35.7 Å². The molecule has 1 amide bonds. The van der Waals surface area contributed by atoms with E-state index >= 15 is 0 Å². The first-order valence-corrected chi connectivity index (χ1v) is 10.5. The van der Waals surface area contributed by atoms with Gasteiger partial charge in [-0.1, -0.05) is 24.3 Å². The van der Waals surface area contributed by atoms with E-state index in [0.29, 0.717) is 6.54 Å². The lowest BCUT2D eigenvalue weighted by Gasteiger charge is -2.27. The fourth-order valence-electron chi connectivity index (χ4n) is 3.29. The number of amides is 1. The number of rotatable bonds is 6. The summed E-state index contributed by atoms with van der Waals surface area (Å²) in [6.45, 7) is 2.73. The highest BCUT2D eigenvalue weighted by atomic mass is 35.5. The van der Waals surface area contributed by atoms with Gasteiger partial charge >= 0.3 is 0 Å². The van der Waals surface area contributed by atoms with E-state index in [4.69, 9.17) is 0 Å². The van der Waals surface area contributed by atoms with Crippen LogP contribution in [0.2, 0.25) is 0 Å². The molecule has 28 heavy (non-hydrogen) atoms. The monoisotopic (exact) mass is 426 g/mol. The minimum atomic E-state index is -3.69. The zero-order valence-corrected chi connectivity index (χ0v) is 17.2. The summed E-state index contributed by atoms with van der Waals surface area (Å²) in [5.41, 5.74) is 2.43. The summed E-state index contributed by atoms with van der Waals surface area (Å²) in [6, 6.07) is 12.8. The van der Waals surface area contributed by atoms with Gasteiger partial charge in [0.1, 0.15) is 5.82 Å². The molecule has 0 saturated heterocycles. The second-order valence-corrected chi connectivity index (χ2v) is 9.14. The lowest BCUT2D eigenvalue weighted by atomic mass is 9.94. The number of carbonyl (C=O) groups excluding carboxylic acids is 1. The predicted octanol–water partition coefficient (Wildman–Crippen LogP) is 2.80. The van der Waals surface area contributed by atoms with Crippen LogP contribution >= 0.6 is 12.4 Å². The zero-order chi connectivity index (χ0) is 19.4. The molecule has 0 spiro atoms. The van der Waals surface area contributed by atoms with Crippen LogP contribution in [0.3, 0.4) is 0 Å². The summed E-state index contributed by atoms with van der Waals surface area (Å²) in [5, 5.41) is 5.31. The molecule has 2 atom stereocenters. The van der Waals surface area contributed by atoms with Crippen molar-refractivity contribution < 1.29 is 17.6 Å². The largest absolute Gasteiger partial charge is 0.354 e. The SMILES string of the molecule is CC(CC(=O)NCC1NCCc2ccccc21)S(=O)(=O)c1ccc(F)cc1.Cl. The maximum absolute atomic E-state index is 13.0. The van der Waals surface area contributed by atoms with E-state index < -0.39 is 20.9 Å². The van der Waals surface area contributed by atoms with E-state index in [1.54, 1.807) is 0 Å². The van der Waals surface area contributed by atoms with E-state index in [1.807, 2.05) is 18.2 Å². The molecule has 0 fully saturated rings. The highest BCUT2D eigenvalue weighted by Crippen LogP contribution is 2.22. The Morgan fingerprint density at radius 2 is 1.89 bits per heavy atom. The van der Waals surface area contributed by atoms with E-state index in [0.717, 1.165) is 30.7 Å². The van der Waals surface area contributed by atoms with Gasteiger partial charge in [-0.05, 0) is 55.3 Å². The molecule has 1 aliphatic heterocycles. The third-order valence-corrected chi connectivity index (χ3v) is 7.02. The molecule has 5 nitrogen and oxygen atoms in total. The molecule has 2 unspecified atom stereocenters. The highest BCUT2D eigenvalue weighted by molar-refractivity contribution is 7.92. The standard InChI is InChI=1S/C20H23FN2O3S.ClH/c1-14(27(25,26)17-8-6-16(21)7-9-17)12-20(24)23-13-19-18-5-3-2-4-15(18)10-11-22-19;/h2-9,14,19,22H,10-13H2,1H3,(H,23,24);1H. The van der Waals surface area contributed by atoms with Crippen LogP contribution in [0.4, 0.5) is 4.39 Å². The van der Waals surface area contributed by atoms with Gasteiger partial charge in [-0.2, -0.15) is 0 Å². The van der Waals surface area contributed by atoms with Gasteiger partial charge in [0.15, 0.2) is 9.84 Å². The molecule has 3 rings (SSSR count). The number of benzene rings is 2. The summed E-state index contributed by atoms with van der Waals surface area (Å²) >= 11 is 0. The Morgan fingerprint density at radius 3 is 2.61 bits per heavy atom. The van der Waals surface area contributed by atoms with Gasteiger partial charge in [-0.3, -0.25) is 4.79 Å². The minimum absolute atomic E-state index is 0. The first kappa shape index (κ1) is 22.3. The van der Waals surface area contributed by atoms with Crippen LogP contribution in [0, 0.1) is 5.82 Å². The fraction of sp³-hybridized carbons (Fsp3) is 0.350. The van der Waals surface area contributed by atoms with Crippen LogP contribution in [-0.2, 0) is 21.1 Å². The second-order valence-electron chi connectivity index (χ2n) is 6.77. The molecule has 8 heteroatoms. The van der Waals surface area contributed by atoms with Gasteiger partial charge in [0.25, 0.3) is 0 Å². The van der Waals surface area contributed by atoms with Gasteiger partial charge in [-0.25, -0.2) is 12.8 Å². The van der Waals surface area contributed by atoms with Gasteiger partial charge in [-0.15, -0.1) is 12.4 Å². The first-order chi connectivity index (χ1) is 12.9. The maximum Gasteiger partial charge on any atom is 0.221 e. The van der Waals surface area contributed by atoms with Crippen molar-refractivity contribution in [3.8, 4) is 0 Å². The molecule has 2 aromatic carbocycles. The van der Waals surface area contributed by atoms with Crippen LogP contribution in [0.15, 0.2) is 53.4 Å². The van der Waals surface area contributed by atoms with Crippen molar-refractivity contribution >= 4 is 28.2 Å². The molecule has 0 saturated carbocycles. The van der Waals surface area contributed by atoms with Crippen LogP contribution in [-0.4, -0.2) is 32.7 Å². The number of halogens is 2. The Kier molecular flexibility index (Phi) is 7.57. The average molecular weight is 427 g/mol. The smallest absolute Gasteiger partial charge is 0.221 e. The van der Waals surface area contributed by atoms with Gasteiger partial charge in [0, 0.05) is 19.0 Å². The van der Waals surface area contributed by atoms with Gasteiger partial charge in [0.2, 0.25) is 5.91 Å². The minimum Gasteiger partial charge on any atom is -0.354 e. The predicted molar refractivity (Wildman–Crippen MR) is 109 cm³/mol. The van der Waals surface area contributed by atoms with Crippen molar-refractivity contribution in [2.75, 3.05) is 13.1 Å². The number of fused-ring (bicyclic) bond motifs is 1. The third kappa shape index (κ3) is 5.10. The molecular formula is C20H24ClFN2O3S. The molecule has 2 aromatic rings. The fourth-order valence-corrected chi connectivity index (χ4v) is 4.64. The molecule has 0 aliphatic carbocycles. The van der Waals surface area contributed by atoms with Crippen LogP contribution in [0.5, 0.6) is 0 Å². The first-order valence-electron chi connectivity index (χ1n) is 8.95.